The third kappa shape index (κ3) is 8.58. The van der Waals surface area contributed by atoms with Gasteiger partial charge in [-0.2, -0.15) is 0 Å². The second-order valence-electron chi connectivity index (χ2n) is 8.52. The molecule has 1 atom stereocenters. The highest BCUT2D eigenvalue weighted by molar-refractivity contribution is 6.35. The van der Waals surface area contributed by atoms with Gasteiger partial charge in [-0.15, -0.1) is 0 Å². The maximum atomic E-state index is 13.6. The first-order valence-corrected chi connectivity index (χ1v) is 13.0. The van der Waals surface area contributed by atoms with E-state index in [9.17, 15) is 9.59 Å². The monoisotopic (exact) mass is 526 g/mol. The molecule has 1 N–H and O–H groups in total. The number of hydrogen-bond donors (Lipinski definition) is 1. The fourth-order valence-electron chi connectivity index (χ4n) is 3.83. The van der Waals surface area contributed by atoms with Crippen LogP contribution >= 0.6 is 23.2 Å². The lowest BCUT2D eigenvalue weighted by atomic mass is 10.0. The molecule has 0 aliphatic heterocycles. The lowest BCUT2D eigenvalue weighted by Gasteiger charge is -2.32. The Hall–Kier alpha value is -3.02. The zero-order chi connectivity index (χ0) is 25.8. The largest absolute Gasteiger partial charge is 0.494 e. The van der Waals surface area contributed by atoms with Gasteiger partial charge < -0.3 is 15.0 Å². The van der Waals surface area contributed by atoms with Crippen LogP contribution in [0.25, 0.3) is 0 Å². The molecule has 0 saturated heterocycles. The number of amides is 2. The van der Waals surface area contributed by atoms with E-state index >= 15 is 0 Å². The quantitative estimate of drug-likeness (QED) is 0.265. The first-order valence-electron chi connectivity index (χ1n) is 12.2. The van der Waals surface area contributed by atoms with E-state index in [2.05, 4.69) is 5.32 Å². The molecule has 0 aromatic heterocycles. The van der Waals surface area contributed by atoms with Gasteiger partial charge in [0.1, 0.15) is 11.8 Å². The highest BCUT2D eigenvalue weighted by atomic mass is 35.5. The summed E-state index contributed by atoms with van der Waals surface area (Å²) < 4.78 is 5.76. The summed E-state index contributed by atoms with van der Waals surface area (Å²) >= 11 is 12.5. The molecule has 7 heteroatoms. The van der Waals surface area contributed by atoms with Gasteiger partial charge in [0.25, 0.3) is 0 Å². The lowest BCUT2D eigenvalue weighted by molar-refractivity contribution is -0.141. The molecular weight excluding hydrogens is 495 g/mol. The van der Waals surface area contributed by atoms with Crippen LogP contribution in [0.15, 0.2) is 78.9 Å². The summed E-state index contributed by atoms with van der Waals surface area (Å²) in [6, 6.07) is 23.7. The van der Waals surface area contributed by atoms with E-state index in [4.69, 9.17) is 27.9 Å². The van der Waals surface area contributed by atoms with Gasteiger partial charge in [0.15, 0.2) is 0 Å². The summed E-state index contributed by atoms with van der Waals surface area (Å²) in [5.41, 5.74) is 1.71. The van der Waals surface area contributed by atoms with Crippen molar-refractivity contribution < 1.29 is 14.3 Å². The van der Waals surface area contributed by atoms with E-state index in [1.165, 1.54) is 0 Å². The number of halogens is 2. The first kappa shape index (κ1) is 27.6. The van der Waals surface area contributed by atoms with Gasteiger partial charge in [-0.3, -0.25) is 9.59 Å². The number of ether oxygens (including phenoxy) is 1. The SMILES string of the molecule is CCCNC(=O)[C@@H](Cc1ccccc1)N(Cc1ccc(Cl)cc1Cl)C(=O)CCCOc1ccccc1. The number of rotatable bonds is 13. The van der Waals surface area contributed by atoms with Crippen molar-refractivity contribution >= 4 is 35.0 Å². The van der Waals surface area contributed by atoms with Crippen molar-refractivity contribution in [1.82, 2.24) is 10.2 Å². The van der Waals surface area contributed by atoms with E-state index in [0.29, 0.717) is 36.0 Å². The van der Waals surface area contributed by atoms with Crippen LogP contribution in [0.5, 0.6) is 5.75 Å². The molecule has 3 aromatic carbocycles. The fraction of sp³-hybridized carbons (Fsp3) is 0.310. The molecule has 0 aliphatic rings. The molecule has 3 rings (SSSR count). The molecule has 5 nitrogen and oxygen atoms in total. The number of para-hydroxylation sites is 1. The number of carbonyl (C=O) groups excluding carboxylic acids is 2. The second-order valence-corrected chi connectivity index (χ2v) is 9.36. The molecule has 0 aliphatic carbocycles. The van der Waals surface area contributed by atoms with Crippen molar-refractivity contribution in [3.63, 3.8) is 0 Å². The Morgan fingerprint density at radius 1 is 0.972 bits per heavy atom. The Kier molecular flexibility index (Phi) is 11.1. The molecular formula is C29H32Cl2N2O3. The summed E-state index contributed by atoms with van der Waals surface area (Å²) in [5.74, 6) is 0.445. The molecule has 0 saturated carbocycles. The molecule has 36 heavy (non-hydrogen) atoms. The first-order chi connectivity index (χ1) is 17.5. The van der Waals surface area contributed by atoms with Crippen molar-refractivity contribution in [2.75, 3.05) is 13.2 Å². The van der Waals surface area contributed by atoms with Crippen LogP contribution in [0.3, 0.4) is 0 Å². The van der Waals surface area contributed by atoms with Crippen LogP contribution in [0.1, 0.15) is 37.3 Å². The topological polar surface area (TPSA) is 58.6 Å². The van der Waals surface area contributed by atoms with Gasteiger partial charge in [0.2, 0.25) is 11.8 Å². The zero-order valence-corrected chi connectivity index (χ0v) is 22.0. The van der Waals surface area contributed by atoms with Crippen LogP contribution in [-0.4, -0.2) is 35.9 Å². The number of nitrogens with zero attached hydrogens (tertiary/aromatic N) is 1. The van der Waals surface area contributed by atoms with E-state index in [1.807, 2.05) is 67.6 Å². The molecule has 2 amide bonds. The van der Waals surface area contributed by atoms with E-state index < -0.39 is 6.04 Å². The van der Waals surface area contributed by atoms with Crippen LogP contribution in [-0.2, 0) is 22.6 Å². The number of benzene rings is 3. The summed E-state index contributed by atoms with van der Waals surface area (Å²) in [4.78, 5) is 28.5. The molecule has 0 bridgehead atoms. The van der Waals surface area contributed by atoms with Gasteiger partial charge >= 0.3 is 0 Å². The van der Waals surface area contributed by atoms with Gasteiger partial charge in [0.05, 0.1) is 6.61 Å². The number of hydrogen-bond acceptors (Lipinski definition) is 3. The molecule has 0 radical (unpaired) electrons. The van der Waals surface area contributed by atoms with Crippen LogP contribution in [0.4, 0.5) is 0 Å². The maximum absolute atomic E-state index is 13.6. The molecule has 0 heterocycles. The smallest absolute Gasteiger partial charge is 0.243 e. The molecule has 3 aromatic rings. The maximum Gasteiger partial charge on any atom is 0.243 e. The summed E-state index contributed by atoms with van der Waals surface area (Å²) in [7, 11) is 0. The van der Waals surface area contributed by atoms with Crippen LogP contribution in [0.2, 0.25) is 10.0 Å². The third-order valence-electron chi connectivity index (χ3n) is 5.72. The van der Waals surface area contributed by atoms with Gasteiger partial charge in [-0.05, 0) is 48.2 Å². The lowest BCUT2D eigenvalue weighted by Crippen LogP contribution is -2.50. The standard InChI is InChI=1S/C29H32Cl2N2O3/c1-2-17-32-29(35)27(19-22-10-5-3-6-11-22)33(21-23-15-16-24(30)20-26(23)31)28(34)14-9-18-36-25-12-7-4-8-13-25/h3-8,10-13,15-16,20,27H,2,9,14,17-19,21H2,1H3,(H,32,35)/t27-/m1/s1. The number of nitrogens with one attached hydrogen (secondary N) is 1. The normalized spacial score (nSPS) is 11.5. The van der Waals surface area contributed by atoms with Gasteiger partial charge in [-0.25, -0.2) is 0 Å². The van der Waals surface area contributed by atoms with Crippen molar-refractivity contribution in [3.8, 4) is 5.75 Å². The Balaban J connectivity index is 1.81. The van der Waals surface area contributed by atoms with Crippen molar-refractivity contribution in [2.45, 2.75) is 45.2 Å². The predicted molar refractivity (Wildman–Crippen MR) is 145 cm³/mol. The minimum absolute atomic E-state index is 0.134. The molecule has 0 spiro atoms. The Morgan fingerprint density at radius 3 is 2.33 bits per heavy atom. The van der Waals surface area contributed by atoms with Crippen molar-refractivity contribution in [2.24, 2.45) is 0 Å². The second kappa shape index (κ2) is 14.5. The highest BCUT2D eigenvalue weighted by Crippen LogP contribution is 2.24. The number of carbonyl (C=O) groups is 2. The average Bonchev–Trinajstić information content (AvgIpc) is 2.89. The van der Waals surface area contributed by atoms with E-state index in [-0.39, 0.29) is 24.8 Å². The fourth-order valence-corrected chi connectivity index (χ4v) is 4.30. The minimum Gasteiger partial charge on any atom is -0.494 e. The summed E-state index contributed by atoms with van der Waals surface area (Å²) in [6.45, 7) is 3.14. The Bertz CT molecular complexity index is 1110. The van der Waals surface area contributed by atoms with E-state index in [0.717, 1.165) is 23.3 Å². The summed E-state index contributed by atoms with van der Waals surface area (Å²) in [6.07, 6.45) is 1.96. The van der Waals surface area contributed by atoms with Gasteiger partial charge in [0, 0.05) is 36.0 Å². The third-order valence-corrected chi connectivity index (χ3v) is 6.31. The van der Waals surface area contributed by atoms with Gasteiger partial charge in [-0.1, -0.05) is 84.7 Å². The Labute approximate surface area is 223 Å². The average molecular weight is 527 g/mol. The van der Waals surface area contributed by atoms with Crippen LogP contribution in [0, 0.1) is 0 Å². The predicted octanol–water partition coefficient (Wildman–Crippen LogP) is 6.32. The molecule has 0 fully saturated rings. The molecule has 0 unspecified atom stereocenters. The highest BCUT2D eigenvalue weighted by Gasteiger charge is 2.30. The van der Waals surface area contributed by atoms with Crippen molar-refractivity contribution in [3.05, 3.63) is 100 Å². The van der Waals surface area contributed by atoms with Crippen LogP contribution < -0.4 is 10.1 Å². The molecule has 190 valence electrons. The zero-order valence-electron chi connectivity index (χ0n) is 20.5. The Morgan fingerprint density at radius 2 is 1.67 bits per heavy atom. The summed E-state index contributed by atoms with van der Waals surface area (Å²) in [5, 5.41) is 3.95. The van der Waals surface area contributed by atoms with Crippen molar-refractivity contribution in [1.29, 1.82) is 0 Å². The minimum atomic E-state index is -0.687. The van der Waals surface area contributed by atoms with E-state index in [1.54, 1.807) is 23.1 Å².